The van der Waals surface area contributed by atoms with Crippen LogP contribution in [0.15, 0.2) is 0 Å². The number of hydrogen-bond acceptors (Lipinski definition) is 4. The summed E-state index contributed by atoms with van der Waals surface area (Å²) in [5.41, 5.74) is -0.467. The number of nitrogens with zero attached hydrogens (tertiary/aromatic N) is 2. The number of hydrogen-bond donors (Lipinski definition) is 0. The SMILES string of the molecule is CC.CC(C)(C)OC(=O)N1CCC(OCC(=O)N2CCCCC2)CC1. The molecule has 146 valence electrons. The van der Waals surface area contributed by atoms with Crippen LogP contribution in [0.2, 0.25) is 0 Å². The Balaban J connectivity index is 0.00000151. The molecule has 0 aliphatic carbocycles. The van der Waals surface area contributed by atoms with Crippen LogP contribution in [0.25, 0.3) is 0 Å². The van der Waals surface area contributed by atoms with Gasteiger partial charge in [-0.3, -0.25) is 4.79 Å². The molecule has 2 fully saturated rings. The largest absolute Gasteiger partial charge is 0.444 e. The van der Waals surface area contributed by atoms with Gasteiger partial charge in [0.25, 0.3) is 0 Å². The Labute approximate surface area is 152 Å². The highest BCUT2D eigenvalue weighted by Gasteiger charge is 2.28. The summed E-state index contributed by atoms with van der Waals surface area (Å²) in [6.07, 6.45) is 4.72. The lowest BCUT2D eigenvalue weighted by Gasteiger charge is -2.33. The number of carbonyl (C=O) groups excluding carboxylic acids is 2. The van der Waals surface area contributed by atoms with Crippen molar-refractivity contribution in [2.75, 3.05) is 32.8 Å². The number of rotatable bonds is 3. The van der Waals surface area contributed by atoms with E-state index in [9.17, 15) is 9.59 Å². The highest BCUT2D eigenvalue weighted by Crippen LogP contribution is 2.17. The number of likely N-dealkylation sites (tertiary alicyclic amines) is 2. The van der Waals surface area contributed by atoms with Crippen molar-refractivity contribution in [2.24, 2.45) is 0 Å². The van der Waals surface area contributed by atoms with Crippen LogP contribution in [0, 0.1) is 0 Å². The van der Waals surface area contributed by atoms with E-state index in [4.69, 9.17) is 9.47 Å². The van der Waals surface area contributed by atoms with Gasteiger partial charge < -0.3 is 19.3 Å². The molecule has 25 heavy (non-hydrogen) atoms. The topological polar surface area (TPSA) is 59.1 Å². The average Bonchev–Trinajstić information content (AvgIpc) is 2.61. The van der Waals surface area contributed by atoms with Crippen LogP contribution in [-0.4, -0.2) is 66.3 Å². The summed E-state index contributed by atoms with van der Waals surface area (Å²) in [7, 11) is 0. The fourth-order valence-electron chi connectivity index (χ4n) is 2.96. The maximum absolute atomic E-state index is 12.1. The minimum Gasteiger partial charge on any atom is -0.444 e. The predicted molar refractivity (Wildman–Crippen MR) is 98.6 cm³/mol. The van der Waals surface area contributed by atoms with Gasteiger partial charge in [0.2, 0.25) is 5.91 Å². The second kappa shape index (κ2) is 10.6. The van der Waals surface area contributed by atoms with E-state index in [1.54, 1.807) is 4.90 Å². The zero-order valence-electron chi connectivity index (χ0n) is 16.7. The van der Waals surface area contributed by atoms with Crippen molar-refractivity contribution in [2.45, 2.75) is 78.4 Å². The molecule has 2 amide bonds. The van der Waals surface area contributed by atoms with Crippen LogP contribution in [0.1, 0.15) is 66.7 Å². The second-order valence-electron chi connectivity index (χ2n) is 7.42. The summed E-state index contributed by atoms with van der Waals surface area (Å²) in [6.45, 7) is 12.7. The van der Waals surface area contributed by atoms with Crippen LogP contribution in [0.4, 0.5) is 4.79 Å². The summed E-state index contributed by atoms with van der Waals surface area (Å²) < 4.78 is 11.1. The van der Waals surface area contributed by atoms with E-state index in [1.807, 2.05) is 39.5 Å². The molecule has 0 aromatic heterocycles. The maximum atomic E-state index is 12.1. The smallest absolute Gasteiger partial charge is 0.410 e. The second-order valence-corrected chi connectivity index (χ2v) is 7.42. The Morgan fingerprint density at radius 1 is 0.920 bits per heavy atom. The van der Waals surface area contributed by atoms with Crippen LogP contribution < -0.4 is 0 Å². The standard InChI is InChI=1S/C17H30N2O4.C2H6/c1-17(2,3)23-16(21)19-11-7-14(8-12-19)22-13-15(20)18-9-5-4-6-10-18;1-2/h14H,4-13H2,1-3H3;1-2H3. The number of piperidine rings is 2. The van der Waals surface area contributed by atoms with Gasteiger partial charge >= 0.3 is 6.09 Å². The van der Waals surface area contributed by atoms with Gasteiger partial charge in [-0.05, 0) is 52.9 Å². The fraction of sp³-hybridized carbons (Fsp3) is 0.895. The first-order valence-corrected chi connectivity index (χ1v) is 9.72. The van der Waals surface area contributed by atoms with Gasteiger partial charge in [0.1, 0.15) is 12.2 Å². The minimum atomic E-state index is -0.467. The molecular weight excluding hydrogens is 320 g/mol. The molecule has 0 bridgehead atoms. The van der Waals surface area contributed by atoms with Crippen molar-refractivity contribution in [1.82, 2.24) is 9.80 Å². The molecule has 0 atom stereocenters. The summed E-state index contributed by atoms with van der Waals surface area (Å²) >= 11 is 0. The molecule has 0 N–H and O–H groups in total. The molecule has 0 aromatic carbocycles. The molecule has 2 rings (SSSR count). The molecule has 0 saturated carbocycles. The van der Waals surface area contributed by atoms with E-state index in [1.165, 1.54) is 6.42 Å². The molecule has 2 aliphatic rings. The van der Waals surface area contributed by atoms with Crippen molar-refractivity contribution in [3.05, 3.63) is 0 Å². The molecule has 0 spiro atoms. The zero-order valence-corrected chi connectivity index (χ0v) is 16.7. The van der Waals surface area contributed by atoms with Gasteiger partial charge in [0.15, 0.2) is 0 Å². The maximum Gasteiger partial charge on any atom is 0.410 e. The normalized spacial score (nSPS) is 19.1. The molecule has 0 aromatic rings. The highest BCUT2D eigenvalue weighted by atomic mass is 16.6. The predicted octanol–water partition coefficient (Wildman–Crippen LogP) is 3.44. The third-order valence-electron chi connectivity index (χ3n) is 4.24. The van der Waals surface area contributed by atoms with Gasteiger partial charge in [-0.1, -0.05) is 13.8 Å². The quantitative estimate of drug-likeness (QED) is 0.777. The Morgan fingerprint density at radius 2 is 1.48 bits per heavy atom. The van der Waals surface area contributed by atoms with Crippen LogP contribution in [-0.2, 0) is 14.3 Å². The van der Waals surface area contributed by atoms with Crippen molar-refractivity contribution in [3.63, 3.8) is 0 Å². The van der Waals surface area contributed by atoms with Crippen LogP contribution in [0.3, 0.4) is 0 Å². The van der Waals surface area contributed by atoms with E-state index >= 15 is 0 Å². The fourth-order valence-corrected chi connectivity index (χ4v) is 2.96. The Morgan fingerprint density at radius 3 is 2.00 bits per heavy atom. The van der Waals surface area contributed by atoms with E-state index in [2.05, 4.69) is 0 Å². The van der Waals surface area contributed by atoms with Crippen molar-refractivity contribution in [1.29, 1.82) is 0 Å². The zero-order chi connectivity index (χ0) is 18.9. The molecular formula is C19H36N2O4. The number of amides is 2. The van der Waals surface area contributed by atoms with Crippen LogP contribution >= 0.6 is 0 Å². The lowest BCUT2D eigenvalue weighted by Crippen LogP contribution is -2.44. The average molecular weight is 357 g/mol. The van der Waals surface area contributed by atoms with Crippen molar-refractivity contribution in [3.8, 4) is 0 Å². The molecule has 0 unspecified atom stereocenters. The van der Waals surface area contributed by atoms with Crippen molar-refractivity contribution >= 4 is 12.0 Å². The first kappa shape index (κ1) is 21.7. The highest BCUT2D eigenvalue weighted by molar-refractivity contribution is 5.77. The van der Waals surface area contributed by atoms with Gasteiger partial charge in [-0.2, -0.15) is 0 Å². The minimum absolute atomic E-state index is 0.0578. The number of ether oxygens (including phenoxy) is 2. The molecule has 2 heterocycles. The summed E-state index contributed by atoms with van der Waals surface area (Å²) in [4.78, 5) is 27.7. The first-order chi connectivity index (χ1) is 11.8. The molecule has 2 saturated heterocycles. The van der Waals surface area contributed by atoms with Gasteiger partial charge in [0.05, 0.1) is 6.10 Å². The third kappa shape index (κ3) is 8.08. The Bertz CT molecular complexity index is 406. The number of carbonyl (C=O) groups is 2. The Kier molecular flexibility index (Phi) is 9.25. The molecule has 6 heteroatoms. The molecule has 6 nitrogen and oxygen atoms in total. The molecule has 2 aliphatic heterocycles. The first-order valence-electron chi connectivity index (χ1n) is 9.72. The summed E-state index contributed by atoms with van der Waals surface area (Å²) in [5, 5.41) is 0. The van der Waals surface area contributed by atoms with Gasteiger partial charge in [0, 0.05) is 26.2 Å². The van der Waals surface area contributed by atoms with Crippen molar-refractivity contribution < 1.29 is 19.1 Å². The van der Waals surface area contributed by atoms with Crippen LogP contribution in [0.5, 0.6) is 0 Å². The van der Waals surface area contributed by atoms with E-state index in [0.29, 0.717) is 13.1 Å². The third-order valence-corrected chi connectivity index (χ3v) is 4.24. The van der Waals surface area contributed by atoms with Gasteiger partial charge in [-0.25, -0.2) is 4.79 Å². The van der Waals surface area contributed by atoms with E-state index < -0.39 is 5.60 Å². The molecule has 0 radical (unpaired) electrons. The van der Waals surface area contributed by atoms with E-state index in [-0.39, 0.29) is 24.7 Å². The summed E-state index contributed by atoms with van der Waals surface area (Å²) in [5.74, 6) is 0.0965. The lowest BCUT2D eigenvalue weighted by atomic mass is 10.1. The monoisotopic (exact) mass is 356 g/mol. The lowest BCUT2D eigenvalue weighted by molar-refractivity contribution is -0.140. The van der Waals surface area contributed by atoms with Gasteiger partial charge in [-0.15, -0.1) is 0 Å². The summed E-state index contributed by atoms with van der Waals surface area (Å²) in [6, 6.07) is 0. The Hall–Kier alpha value is -1.30. The van der Waals surface area contributed by atoms with E-state index in [0.717, 1.165) is 38.8 Å².